The smallest absolute Gasteiger partial charge is 0.311 e. The maximum atomic E-state index is 12.0. The van der Waals surface area contributed by atoms with E-state index in [2.05, 4.69) is 15.5 Å². The molecule has 3 rings (SSSR count). The van der Waals surface area contributed by atoms with E-state index in [0.717, 1.165) is 4.88 Å². The molecule has 0 aromatic carbocycles. The molecule has 2 N–H and O–H groups in total. The summed E-state index contributed by atoms with van der Waals surface area (Å²) in [4.78, 5) is 28.8. The van der Waals surface area contributed by atoms with Crippen LogP contribution in [0.1, 0.15) is 31.6 Å². The van der Waals surface area contributed by atoms with Gasteiger partial charge in [-0.2, -0.15) is 4.98 Å². The first-order valence-electron chi connectivity index (χ1n) is 8.53. The van der Waals surface area contributed by atoms with E-state index >= 15 is 0 Å². The van der Waals surface area contributed by atoms with E-state index in [-0.39, 0.29) is 18.9 Å². The Morgan fingerprint density at radius 2 is 2.15 bits per heavy atom. The molecule has 0 bridgehead atoms. The topological polar surface area (TPSA) is 115 Å². The summed E-state index contributed by atoms with van der Waals surface area (Å²) in [5.74, 6) is -0.00168. The number of carboxylic acid groups (broad SMARTS) is 1. The van der Waals surface area contributed by atoms with Crippen LogP contribution < -0.4 is 5.32 Å². The van der Waals surface area contributed by atoms with Gasteiger partial charge < -0.3 is 19.7 Å². The van der Waals surface area contributed by atoms with E-state index in [0.29, 0.717) is 50.6 Å². The van der Waals surface area contributed by atoms with Gasteiger partial charge in [0, 0.05) is 32.6 Å². The molecule has 8 nitrogen and oxygen atoms in total. The van der Waals surface area contributed by atoms with Crippen molar-refractivity contribution in [3.05, 3.63) is 23.4 Å². The van der Waals surface area contributed by atoms with Crippen molar-refractivity contribution in [3.8, 4) is 10.7 Å². The van der Waals surface area contributed by atoms with Crippen LogP contribution in [0.5, 0.6) is 0 Å². The van der Waals surface area contributed by atoms with Gasteiger partial charge in [0.25, 0.3) is 0 Å². The van der Waals surface area contributed by atoms with Crippen LogP contribution in [0.3, 0.4) is 0 Å². The Morgan fingerprint density at radius 1 is 1.35 bits per heavy atom. The van der Waals surface area contributed by atoms with Crippen LogP contribution >= 0.6 is 11.3 Å². The normalized spacial score (nSPS) is 16.3. The Morgan fingerprint density at radius 3 is 2.85 bits per heavy atom. The number of aryl methyl sites for hydroxylation is 1. The Balaban J connectivity index is 1.42. The summed E-state index contributed by atoms with van der Waals surface area (Å²) < 4.78 is 10.4. The van der Waals surface area contributed by atoms with E-state index in [1.165, 1.54) is 11.3 Å². The highest BCUT2D eigenvalue weighted by Gasteiger charge is 2.40. The van der Waals surface area contributed by atoms with E-state index in [1.807, 2.05) is 17.5 Å². The van der Waals surface area contributed by atoms with Gasteiger partial charge >= 0.3 is 5.97 Å². The molecule has 0 spiro atoms. The van der Waals surface area contributed by atoms with Crippen molar-refractivity contribution < 1.29 is 24.0 Å². The predicted molar refractivity (Wildman–Crippen MR) is 93.7 cm³/mol. The number of hydrogen-bond acceptors (Lipinski definition) is 7. The lowest BCUT2D eigenvalue weighted by Crippen LogP contribution is -2.46. The lowest BCUT2D eigenvalue weighted by atomic mass is 9.80. The number of aromatic nitrogens is 2. The van der Waals surface area contributed by atoms with Gasteiger partial charge in [-0.05, 0) is 30.7 Å². The lowest BCUT2D eigenvalue weighted by molar-refractivity contribution is -0.154. The molecule has 1 saturated heterocycles. The fraction of sp³-hybridized carbons (Fsp3) is 0.529. The number of carboxylic acids is 1. The monoisotopic (exact) mass is 379 g/mol. The van der Waals surface area contributed by atoms with E-state index in [1.54, 1.807) is 0 Å². The molecule has 2 aromatic rings. The molecule has 0 unspecified atom stereocenters. The van der Waals surface area contributed by atoms with Crippen molar-refractivity contribution in [1.29, 1.82) is 0 Å². The number of amides is 1. The number of rotatable bonds is 8. The molecule has 26 heavy (non-hydrogen) atoms. The van der Waals surface area contributed by atoms with Crippen molar-refractivity contribution in [2.45, 2.75) is 32.1 Å². The number of carbonyl (C=O) groups is 2. The Hall–Kier alpha value is -2.26. The second-order valence-electron chi connectivity index (χ2n) is 6.32. The van der Waals surface area contributed by atoms with Crippen molar-refractivity contribution in [2.24, 2.45) is 5.41 Å². The maximum absolute atomic E-state index is 12.0. The first kappa shape index (κ1) is 18.5. The lowest BCUT2D eigenvalue weighted by Gasteiger charge is -2.33. The van der Waals surface area contributed by atoms with Crippen molar-refractivity contribution in [1.82, 2.24) is 15.5 Å². The van der Waals surface area contributed by atoms with Gasteiger partial charge in [0.1, 0.15) is 0 Å². The average molecular weight is 379 g/mol. The van der Waals surface area contributed by atoms with Gasteiger partial charge in [-0.15, -0.1) is 11.3 Å². The molecule has 9 heteroatoms. The van der Waals surface area contributed by atoms with E-state index in [9.17, 15) is 14.7 Å². The highest BCUT2D eigenvalue weighted by Crippen LogP contribution is 2.30. The zero-order valence-electron chi connectivity index (χ0n) is 14.3. The fourth-order valence-electron chi connectivity index (χ4n) is 2.85. The van der Waals surface area contributed by atoms with Crippen LogP contribution in [0, 0.1) is 5.41 Å². The maximum Gasteiger partial charge on any atom is 0.311 e. The molecule has 0 aliphatic carbocycles. The Bertz CT molecular complexity index is 737. The third kappa shape index (κ3) is 4.47. The molecule has 3 heterocycles. The highest BCUT2D eigenvalue weighted by atomic mass is 32.1. The van der Waals surface area contributed by atoms with E-state index < -0.39 is 11.4 Å². The van der Waals surface area contributed by atoms with Crippen LogP contribution in [-0.4, -0.2) is 46.9 Å². The Kier molecular flexibility index (Phi) is 6.00. The molecule has 0 saturated carbocycles. The summed E-state index contributed by atoms with van der Waals surface area (Å²) >= 11 is 1.53. The van der Waals surface area contributed by atoms with Gasteiger partial charge in [0.2, 0.25) is 17.6 Å². The number of carbonyl (C=O) groups excluding carboxylic acids is 1. The molecular weight excluding hydrogens is 358 g/mol. The fourth-order valence-corrected chi connectivity index (χ4v) is 3.50. The van der Waals surface area contributed by atoms with Gasteiger partial charge in [0.05, 0.1) is 10.3 Å². The molecule has 1 fully saturated rings. The molecule has 2 aromatic heterocycles. The molecule has 1 aliphatic heterocycles. The summed E-state index contributed by atoms with van der Waals surface area (Å²) in [6.45, 7) is 0.950. The number of nitrogens with one attached hydrogen (secondary N) is 1. The molecule has 0 radical (unpaired) electrons. The van der Waals surface area contributed by atoms with Gasteiger partial charge in [-0.25, -0.2) is 0 Å². The highest BCUT2D eigenvalue weighted by molar-refractivity contribution is 7.13. The third-order valence-corrected chi connectivity index (χ3v) is 5.40. The zero-order chi connectivity index (χ0) is 18.4. The summed E-state index contributed by atoms with van der Waals surface area (Å²) in [7, 11) is 0. The molecule has 140 valence electrons. The standard InChI is InChI=1S/C17H21N3O5S/c21-13(18-11-17(16(22)23)6-8-24-9-7-17)4-1-5-14-19-15(20-25-14)12-3-2-10-26-12/h2-3,10H,1,4-9,11H2,(H,18,21)(H,22,23). The third-order valence-electron chi connectivity index (χ3n) is 4.53. The minimum atomic E-state index is -0.921. The second-order valence-corrected chi connectivity index (χ2v) is 7.26. The minimum absolute atomic E-state index is 0.133. The van der Waals surface area contributed by atoms with Crippen molar-refractivity contribution in [3.63, 3.8) is 0 Å². The molecular formula is C17H21N3O5S. The summed E-state index contributed by atoms with van der Waals surface area (Å²) in [6, 6.07) is 3.84. The Labute approximate surface area is 154 Å². The van der Waals surface area contributed by atoms with Crippen LogP contribution in [0.15, 0.2) is 22.0 Å². The SMILES string of the molecule is O=C(CCCc1nc(-c2cccs2)no1)NCC1(C(=O)O)CCOCC1. The number of hydrogen-bond donors (Lipinski definition) is 2. The molecule has 0 atom stereocenters. The minimum Gasteiger partial charge on any atom is -0.481 e. The number of ether oxygens (including phenoxy) is 1. The predicted octanol–water partition coefficient (Wildman–Crippen LogP) is 2.12. The van der Waals surface area contributed by atoms with Crippen molar-refractivity contribution in [2.75, 3.05) is 19.8 Å². The van der Waals surface area contributed by atoms with Gasteiger partial charge in [-0.3, -0.25) is 9.59 Å². The average Bonchev–Trinajstić information content (AvgIpc) is 3.32. The van der Waals surface area contributed by atoms with E-state index in [4.69, 9.17) is 9.26 Å². The zero-order valence-corrected chi connectivity index (χ0v) is 15.1. The van der Waals surface area contributed by atoms with Crippen LogP contribution in [0.2, 0.25) is 0 Å². The van der Waals surface area contributed by atoms with Crippen LogP contribution in [0.25, 0.3) is 10.7 Å². The number of nitrogens with zero attached hydrogens (tertiary/aromatic N) is 2. The van der Waals surface area contributed by atoms with Crippen molar-refractivity contribution >= 4 is 23.2 Å². The van der Waals surface area contributed by atoms with Crippen LogP contribution in [0.4, 0.5) is 0 Å². The number of aliphatic carboxylic acids is 1. The largest absolute Gasteiger partial charge is 0.481 e. The molecule has 1 amide bonds. The second kappa shape index (κ2) is 8.41. The quantitative estimate of drug-likeness (QED) is 0.722. The molecule has 1 aliphatic rings. The summed E-state index contributed by atoms with van der Waals surface area (Å²) in [5, 5.41) is 18.1. The number of thiophene rings is 1. The first-order valence-corrected chi connectivity index (χ1v) is 9.41. The van der Waals surface area contributed by atoms with Gasteiger partial charge in [-0.1, -0.05) is 11.2 Å². The first-order chi connectivity index (χ1) is 12.6. The summed E-state index contributed by atoms with van der Waals surface area (Å²) in [5.41, 5.74) is -0.921. The van der Waals surface area contributed by atoms with Crippen LogP contribution in [-0.2, 0) is 20.7 Å². The van der Waals surface area contributed by atoms with Gasteiger partial charge in [0.15, 0.2) is 0 Å². The summed E-state index contributed by atoms with van der Waals surface area (Å²) in [6.07, 6.45) is 2.17.